The number of nitriles is 2. The Labute approximate surface area is 296 Å². The van der Waals surface area contributed by atoms with Crippen LogP contribution in [0.15, 0.2) is 16.7 Å². The van der Waals surface area contributed by atoms with Crippen molar-refractivity contribution in [3.8, 4) is 12.1 Å². The van der Waals surface area contributed by atoms with Crippen molar-refractivity contribution in [2.24, 2.45) is 16.6 Å². The van der Waals surface area contributed by atoms with Crippen LogP contribution in [-0.2, 0) is 35.7 Å². The summed E-state index contributed by atoms with van der Waals surface area (Å²) in [6, 6.07) is 3.93. The molecule has 2 aromatic rings. The number of halogens is 3. The van der Waals surface area contributed by atoms with Crippen LogP contribution in [-0.4, -0.2) is 83.1 Å². The largest absolute Gasteiger partial charge is 0.483 e. The van der Waals surface area contributed by atoms with Crippen LogP contribution in [0.1, 0.15) is 91.0 Å². The van der Waals surface area contributed by atoms with Gasteiger partial charge in [0.15, 0.2) is 17.5 Å². The lowest BCUT2D eigenvalue weighted by Gasteiger charge is -2.24. The van der Waals surface area contributed by atoms with Gasteiger partial charge >= 0.3 is 5.97 Å². The van der Waals surface area contributed by atoms with Crippen LogP contribution in [0.25, 0.3) is 0 Å². The van der Waals surface area contributed by atoms with Gasteiger partial charge in [-0.05, 0) is 65.5 Å². The standard InChI is InChI=1S/C21H27F3N4O3.C7H11NO2.C5H9NO.CH2O2/c1-21(2,11-30-3)20-26-19(31-27-20)17-5-4-6-28(17)18(29)9-13(25)7-12-8-15(23)16(24)10-14(12)22;1-4-10-6(9)7(2,3)5-8;1-5(2,3-6)4-7;2-1-3/h8,10,13,17H,4-7,9,11,25H2,1-3H3;4H2,1-3H3;7H,4H2,1-2H3;1H,(H,2,3)/t13-,17+;;;/m1.../s1. The molecule has 1 saturated heterocycles. The number of hydrogen-bond acceptors (Lipinski definition) is 12. The second-order valence-corrected chi connectivity index (χ2v) is 13.3. The highest BCUT2D eigenvalue weighted by atomic mass is 19.2. The summed E-state index contributed by atoms with van der Waals surface area (Å²) in [5.74, 6) is -3.17. The summed E-state index contributed by atoms with van der Waals surface area (Å²) < 4.78 is 55.6. The van der Waals surface area contributed by atoms with Crippen molar-refractivity contribution in [3.05, 3.63) is 46.9 Å². The van der Waals surface area contributed by atoms with Crippen LogP contribution in [0.4, 0.5) is 13.2 Å². The Morgan fingerprint density at radius 2 is 1.73 bits per heavy atom. The number of esters is 1. The Kier molecular flexibility index (Phi) is 19.7. The Bertz CT molecular complexity index is 1500. The van der Waals surface area contributed by atoms with Gasteiger partial charge < -0.3 is 34.8 Å². The van der Waals surface area contributed by atoms with Gasteiger partial charge in [-0.15, -0.1) is 0 Å². The number of nitrogens with two attached hydrogens (primary N) is 1. The Balaban J connectivity index is 0.00000102. The minimum atomic E-state index is -1.27. The zero-order valence-corrected chi connectivity index (χ0v) is 30.3. The number of ether oxygens (including phenoxy) is 2. The Morgan fingerprint density at radius 1 is 1.14 bits per heavy atom. The molecule has 0 radical (unpaired) electrons. The molecule has 1 amide bonds. The average molecular weight is 727 g/mol. The first kappa shape index (κ1) is 46.4. The fraction of sp³-hybridized carbons (Fsp3) is 0.618. The minimum absolute atomic E-state index is 0.0660. The number of amides is 1. The van der Waals surface area contributed by atoms with Crippen molar-refractivity contribution in [1.29, 1.82) is 10.5 Å². The van der Waals surface area contributed by atoms with E-state index in [9.17, 15) is 22.8 Å². The van der Waals surface area contributed by atoms with E-state index < -0.39 is 45.7 Å². The third kappa shape index (κ3) is 15.5. The van der Waals surface area contributed by atoms with E-state index in [0.29, 0.717) is 44.0 Å². The SMILES string of the molecule is CC(C)(C#N)CO.CCOC(=O)C(C)(C)C#N.COCC(C)(C)c1noc([C@@H]2CCCN2C(=O)C[C@H](N)Cc2cc(F)c(F)cc2F)n1.O=CO. The smallest absolute Gasteiger partial charge is 0.325 e. The molecule has 0 aliphatic carbocycles. The molecule has 1 aromatic heterocycles. The minimum Gasteiger partial charge on any atom is -0.483 e. The van der Waals surface area contributed by atoms with E-state index >= 15 is 0 Å². The van der Waals surface area contributed by atoms with Gasteiger partial charge in [0.1, 0.15) is 17.3 Å². The van der Waals surface area contributed by atoms with Crippen LogP contribution in [0, 0.1) is 50.9 Å². The van der Waals surface area contributed by atoms with Gasteiger partial charge in [0.2, 0.25) is 11.8 Å². The summed E-state index contributed by atoms with van der Waals surface area (Å²) in [7, 11) is 1.59. The second kappa shape index (κ2) is 21.6. The molecule has 1 aliphatic rings. The monoisotopic (exact) mass is 726 g/mol. The molecule has 2 atom stereocenters. The lowest BCUT2D eigenvalue weighted by atomic mass is 9.94. The highest BCUT2D eigenvalue weighted by molar-refractivity contribution is 5.79. The number of carboxylic acid groups (broad SMARTS) is 1. The van der Waals surface area contributed by atoms with Crippen LogP contribution >= 0.6 is 0 Å². The molecule has 4 N–H and O–H groups in total. The van der Waals surface area contributed by atoms with Crippen molar-refractivity contribution >= 4 is 18.3 Å². The van der Waals surface area contributed by atoms with E-state index in [2.05, 4.69) is 14.9 Å². The van der Waals surface area contributed by atoms with Crippen molar-refractivity contribution in [2.75, 3.05) is 33.5 Å². The lowest BCUT2D eigenvalue weighted by molar-refractivity contribution is -0.150. The van der Waals surface area contributed by atoms with E-state index in [1.165, 1.54) is 13.8 Å². The van der Waals surface area contributed by atoms with Crippen LogP contribution in [0.2, 0.25) is 0 Å². The van der Waals surface area contributed by atoms with Gasteiger partial charge in [0.05, 0.1) is 42.8 Å². The zero-order valence-electron chi connectivity index (χ0n) is 30.3. The molecular formula is C34H49F3N6O8. The number of likely N-dealkylation sites (tertiary alicyclic amines) is 1. The molecule has 0 bridgehead atoms. The summed E-state index contributed by atoms with van der Waals surface area (Å²) in [4.78, 5) is 38.2. The second-order valence-electron chi connectivity index (χ2n) is 13.3. The van der Waals surface area contributed by atoms with Crippen LogP contribution in [0.3, 0.4) is 0 Å². The molecule has 1 fully saturated rings. The van der Waals surface area contributed by atoms with E-state index in [4.69, 9.17) is 40.5 Å². The maximum atomic E-state index is 13.9. The molecule has 0 saturated carbocycles. The first-order valence-corrected chi connectivity index (χ1v) is 15.9. The van der Waals surface area contributed by atoms with E-state index in [1.54, 1.807) is 32.8 Å². The maximum absolute atomic E-state index is 13.9. The molecule has 51 heavy (non-hydrogen) atoms. The first-order valence-electron chi connectivity index (χ1n) is 15.9. The normalized spacial score (nSPS) is 14.6. The number of hydrogen-bond donors (Lipinski definition) is 3. The number of nitrogens with zero attached hydrogens (tertiary/aromatic N) is 5. The fourth-order valence-electron chi connectivity index (χ4n) is 4.20. The van der Waals surface area contributed by atoms with Gasteiger partial charge in [-0.25, -0.2) is 13.2 Å². The van der Waals surface area contributed by atoms with Crippen LogP contribution < -0.4 is 5.73 Å². The number of carbonyl (C=O) groups is 3. The van der Waals surface area contributed by atoms with Gasteiger partial charge in [-0.3, -0.25) is 14.4 Å². The van der Waals surface area contributed by atoms with Crippen molar-refractivity contribution < 1.29 is 51.8 Å². The fourth-order valence-corrected chi connectivity index (χ4v) is 4.20. The maximum Gasteiger partial charge on any atom is 0.325 e. The van der Waals surface area contributed by atoms with Gasteiger partial charge in [0.25, 0.3) is 6.47 Å². The summed E-state index contributed by atoms with van der Waals surface area (Å²) in [5, 5.41) is 35.9. The highest BCUT2D eigenvalue weighted by Crippen LogP contribution is 2.33. The van der Waals surface area contributed by atoms with E-state index in [-0.39, 0.29) is 43.4 Å². The van der Waals surface area contributed by atoms with Crippen LogP contribution in [0.5, 0.6) is 0 Å². The number of rotatable bonds is 11. The molecule has 3 rings (SSSR count). The van der Waals surface area contributed by atoms with E-state index in [1.807, 2.05) is 26.0 Å². The lowest BCUT2D eigenvalue weighted by Crippen LogP contribution is -2.36. The quantitative estimate of drug-likeness (QED) is 0.166. The topological polar surface area (TPSA) is 226 Å². The van der Waals surface area contributed by atoms with Crippen molar-refractivity contribution in [3.63, 3.8) is 0 Å². The molecular weight excluding hydrogens is 677 g/mol. The third-order valence-corrected chi connectivity index (χ3v) is 7.18. The summed E-state index contributed by atoms with van der Waals surface area (Å²) in [6.07, 6.45) is 1.27. The number of benzene rings is 1. The molecule has 0 unspecified atom stereocenters. The first-order chi connectivity index (χ1) is 23.7. The zero-order chi connectivity index (χ0) is 39.6. The van der Waals surface area contributed by atoms with Gasteiger partial charge in [-0.1, -0.05) is 19.0 Å². The highest BCUT2D eigenvalue weighted by Gasteiger charge is 2.36. The summed E-state index contributed by atoms with van der Waals surface area (Å²) in [5.41, 5.74) is 3.94. The van der Waals surface area contributed by atoms with Gasteiger partial charge in [0, 0.05) is 32.2 Å². The molecule has 2 heterocycles. The summed E-state index contributed by atoms with van der Waals surface area (Å²) >= 11 is 0. The average Bonchev–Trinajstić information content (AvgIpc) is 3.76. The number of aliphatic hydroxyl groups excluding tert-OH is 1. The number of carbonyl (C=O) groups excluding carboxylic acids is 2. The Hall–Kier alpha value is -4.58. The molecule has 284 valence electrons. The van der Waals surface area contributed by atoms with Crippen molar-refractivity contribution in [1.82, 2.24) is 15.0 Å². The Morgan fingerprint density at radius 3 is 2.22 bits per heavy atom. The third-order valence-electron chi connectivity index (χ3n) is 7.18. The van der Waals surface area contributed by atoms with E-state index in [0.717, 1.165) is 12.5 Å². The molecule has 1 aliphatic heterocycles. The molecule has 14 nitrogen and oxygen atoms in total. The molecule has 17 heteroatoms. The predicted molar refractivity (Wildman–Crippen MR) is 177 cm³/mol. The predicted octanol–water partition coefficient (Wildman–Crippen LogP) is 4.36. The molecule has 0 spiro atoms. The number of aliphatic hydroxyl groups is 1. The number of aromatic nitrogens is 2. The summed E-state index contributed by atoms with van der Waals surface area (Å²) in [6.45, 7) is 12.9. The number of methoxy groups -OCH3 is 1. The van der Waals surface area contributed by atoms with Gasteiger partial charge in [-0.2, -0.15) is 15.5 Å². The van der Waals surface area contributed by atoms with Crippen molar-refractivity contribution in [2.45, 2.75) is 91.6 Å². The molecule has 1 aromatic carbocycles.